The molecule has 0 saturated heterocycles. The molecule has 0 aromatic carbocycles. The molecular formula is C9H9ClN4O. The monoisotopic (exact) mass is 224 g/mol. The maximum atomic E-state index is 9.97. The molecule has 1 N–H and O–H groups in total. The molecule has 0 bridgehead atoms. The van der Waals surface area contributed by atoms with E-state index in [0.29, 0.717) is 16.5 Å². The van der Waals surface area contributed by atoms with Crippen molar-refractivity contribution in [2.45, 2.75) is 6.10 Å². The predicted octanol–water partition coefficient (Wildman–Crippen LogP) is 0.945. The summed E-state index contributed by atoms with van der Waals surface area (Å²) >= 11 is 5.89. The third kappa shape index (κ3) is 1.84. The number of aromatic nitrogens is 4. The number of aliphatic hydroxyl groups is 1. The van der Waals surface area contributed by atoms with Gasteiger partial charge in [-0.2, -0.15) is 5.10 Å². The van der Waals surface area contributed by atoms with Crippen molar-refractivity contribution in [1.29, 1.82) is 0 Å². The second kappa shape index (κ2) is 3.96. The molecule has 78 valence electrons. The number of rotatable bonds is 2. The number of halogens is 1. The summed E-state index contributed by atoms with van der Waals surface area (Å²) in [7, 11) is 1.70. The highest BCUT2D eigenvalue weighted by atomic mass is 35.5. The predicted molar refractivity (Wildman–Crippen MR) is 54.3 cm³/mol. The third-order valence-electron chi connectivity index (χ3n) is 2.03. The Bertz CT molecular complexity index is 437. The van der Waals surface area contributed by atoms with Crippen LogP contribution in [0, 0.1) is 0 Å². The molecular weight excluding hydrogens is 216 g/mol. The molecule has 2 aromatic heterocycles. The van der Waals surface area contributed by atoms with Crippen LogP contribution < -0.4 is 0 Å². The van der Waals surface area contributed by atoms with Gasteiger partial charge in [0.1, 0.15) is 0 Å². The Hall–Kier alpha value is -1.46. The van der Waals surface area contributed by atoms with E-state index >= 15 is 0 Å². The van der Waals surface area contributed by atoms with Crippen molar-refractivity contribution in [3.05, 3.63) is 41.2 Å². The zero-order valence-electron chi connectivity index (χ0n) is 8.00. The molecule has 1 atom stereocenters. The molecule has 15 heavy (non-hydrogen) atoms. The van der Waals surface area contributed by atoms with Crippen LogP contribution in [0.5, 0.6) is 0 Å². The average Bonchev–Trinajstić information content (AvgIpc) is 2.59. The van der Waals surface area contributed by atoms with E-state index in [9.17, 15) is 5.11 Å². The molecule has 0 spiro atoms. The Balaban J connectivity index is 2.41. The Morgan fingerprint density at radius 1 is 1.40 bits per heavy atom. The zero-order chi connectivity index (χ0) is 10.8. The molecule has 0 saturated carbocycles. The van der Waals surface area contributed by atoms with Crippen LogP contribution in [0.2, 0.25) is 5.02 Å². The first-order valence-corrected chi connectivity index (χ1v) is 4.70. The summed E-state index contributed by atoms with van der Waals surface area (Å²) in [5, 5.41) is 14.3. The molecule has 0 amide bonds. The molecule has 0 aliphatic rings. The summed E-state index contributed by atoms with van der Waals surface area (Å²) < 4.78 is 1.50. The smallest absolute Gasteiger partial charge is 0.163 e. The van der Waals surface area contributed by atoms with E-state index < -0.39 is 6.10 Å². The lowest BCUT2D eigenvalue weighted by Crippen LogP contribution is -2.10. The number of hydrogen-bond acceptors (Lipinski definition) is 4. The van der Waals surface area contributed by atoms with Gasteiger partial charge in [-0.15, -0.1) is 0 Å². The third-order valence-corrected chi connectivity index (χ3v) is 2.32. The average molecular weight is 225 g/mol. The Morgan fingerprint density at radius 3 is 2.60 bits per heavy atom. The van der Waals surface area contributed by atoms with Crippen molar-refractivity contribution in [2.75, 3.05) is 0 Å². The largest absolute Gasteiger partial charge is 0.379 e. The molecule has 2 aromatic rings. The fourth-order valence-electron chi connectivity index (χ4n) is 1.30. The van der Waals surface area contributed by atoms with Crippen LogP contribution in [0.15, 0.2) is 24.7 Å². The number of nitrogens with zero attached hydrogens (tertiary/aromatic N) is 4. The lowest BCUT2D eigenvalue weighted by atomic mass is 10.2. The number of hydrogen-bond donors (Lipinski definition) is 1. The number of aliphatic hydroxyl groups excluding tert-OH is 1. The van der Waals surface area contributed by atoms with Crippen LogP contribution in [0.1, 0.15) is 17.6 Å². The Kier molecular flexibility index (Phi) is 2.66. The second-order valence-electron chi connectivity index (χ2n) is 3.01. The van der Waals surface area contributed by atoms with Gasteiger partial charge in [-0.1, -0.05) is 11.6 Å². The summed E-state index contributed by atoms with van der Waals surface area (Å²) in [5.74, 6) is 0.308. The summed E-state index contributed by atoms with van der Waals surface area (Å²) in [6, 6.07) is 1.68. The van der Waals surface area contributed by atoms with E-state index in [-0.39, 0.29) is 0 Å². The molecule has 2 rings (SSSR count). The molecule has 1 unspecified atom stereocenters. The lowest BCUT2D eigenvalue weighted by molar-refractivity contribution is 0.199. The van der Waals surface area contributed by atoms with Crippen LogP contribution in [-0.2, 0) is 7.05 Å². The van der Waals surface area contributed by atoms with Crippen LogP contribution in [-0.4, -0.2) is 24.9 Å². The SMILES string of the molecule is Cn1ncc(Cl)c1C(O)c1ncccn1. The normalized spacial score (nSPS) is 12.7. The summed E-state index contributed by atoms with van der Waals surface area (Å²) in [4.78, 5) is 7.91. The molecule has 2 heterocycles. The van der Waals surface area contributed by atoms with Crippen molar-refractivity contribution >= 4 is 11.6 Å². The highest BCUT2D eigenvalue weighted by Crippen LogP contribution is 2.24. The quantitative estimate of drug-likeness (QED) is 0.825. The van der Waals surface area contributed by atoms with Gasteiger partial charge in [0.25, 0.3) is 0 Å². The molecule has 5 nitrogen and oxygen atoms in total. The van der Waals surface area contributed by atoms with Gasteiger partial charge in [-0.05, 0) is 6.07 Å². The standard InChI is InChI=1S/C9H9ClN4O/c1-14-7(6(10)5-13-14)8(15)9-11-3-2-4-12-9/h2-5,8,15H,1H3. The van der Waals surface area contributed by atoms with E-state index in [1.807, 2.05) is 0 Å². The molecule has 0 fully saturated rings. The van der Waals surface area contributed by atoms with Crippen molar-refractivity contribution in [2.24, 2.45) is 7.05 Å². The minimum atomic E-state index is -0.953. The highest BCUT2D eigenvalue weighted by Gasteiger charge is 2.20. The first kappa shape index (κ1) is 10.1. The highest BCUT2D eigenvalue weighted by molar-refractivity contribution is 6.31. The van der Waals surface area contributed by atoms with Gasteiger partial charge in [-0.25, -0.2) is 9.97 Å². The Labute approximate surface area is 91.4 Å². The minimum Gasteiger partial charge on any atom is -0.379 e. The van der Waals surface area contributed by atoms with Crippen molar-refractivity contribution in [3.8, 4) is 0 Å². The molecule has 0 radical (unpaired) electrons. The van der Waals surface area contributed by atoms with Crippen molar-refractivity contribution in [3.63, 3.8) is 0 Å². The van der Waals surface area contributed by atoms with Gasteiger partial charge in [0.05, 0.1) is 16.9 Å². The van der Waals surface area contributed by atoms with Crippen molar-refractivity contribution < 1.29 is 5.11 Å². The fraction of sp³-hybridized carbons (Fsp3) is 0.222. The van der Waals surface area contributed by atoms with Gasteiger partial charge in [0.2, 0.25) is 0 Å². The zero-order valence-corrected chi connectivity index (χ0v) is 8.76. The van der Waals surface area contributed by atoms with Crippen molar-refractivity contribution in [1.82, 2.24) is 19.7 Å². The van der Waals surface area contributed by atoms with E-state index in [1.54, 1.807) is 25.5 Å². The Morgan fingerprint density at radius 2 is 2.07 bits per heavy atom. The van der Waals surface area contributed by atoms with E-state index in [4.69, 9.17) is 11.6 Å². The topological polar surface area (TPSA) is 63.8 Å². The van der Waals surface area contributed by atoms with E-state index in [1.165, 1.54) is 10.9 Å². The molecule has 0 aliphatic carbocycles. The van der Waals surface area contributed by atoms with Crippen LogP contribution in [0.4, 0.5) is 0 Å². The summed E-state index contributed by atoms with van der Waals surface area (Å²) in [6.45, 7) is 0. The minimum absolute atomic E-state index is 0.308. The maximum Gasteiger partial charge on any atom is 0.163 e. The summed E-state index contributed by atoms with van der Waals surface area (Å²) in [5.41, 5.74) is 0.489. The molecule has 0 aliphatic heterocycles. The first-order chi connectivity index (χ1) is 7.20. The van der Waals surface area contributed by atoms with Gasteiger partial charge >= 0.3 is 0 Å². The fourth-order valence-corrected chi connectivity index (χ4v) is 1.57. The van der Waals surface area contributed by atoms with Crippen LogP contribution in [0.25, 0.3) is 0 Å². The summed E-state index contributed by atoms with van der Waals surface area (Å²) in [6.07, 6.45) is 3.65. The van der Waals surface area contributed by atoms with E-state index in [0.717, 1.165) is 0 Å². The van der Waals surface area contributed by atoms with Gasteiger partial charge in [0.15, 0.2) is 11.9 Å². The molecule has 6 heteroatoms. The van der Waals surface area contributed by atoms with Gasteiger partial charge in [0, 0.05) is 19.4 Å². The first-order valence-electron chi connectivity index (χ1n) is 4.32. The van der Waals surface area contributed by atoms with E-state index in [2.05, 4.69) is 15.1 Å². The lowest BCUT2D eigenvalue weighted by Gasteiger charge is -2.09. The number of aryl methyl sites for hydroxylation is 1. The van der Waals surface area contributed by atoms with Gasteiger partial charge < -0.3 is 5.11 Å². The van der Waals surface area contributed by atoms with Crippen LogP contribution in [0.3, 0.4) is 0 Å². The second-order valence-corrected chi connectivity index (χ2v) is 3.42. The maximum absolute atomic E-state index is 9.97. The van der Waals surface area contributed by atoms with Gasteiger partial charge in [-0.3, -0.25) is 4.68 Å². The van der Waals surface area contributed by atoms with Crippen LogP contribution >= 0.6 is 11.6 Å².